The maximum atomic E-state index is 14.5. The summed E-state index contributed by atoms with van der Waals surface area (Å²) in [4.78, 5) is 47.6. The van der Waals surface area contributed by atoms with Gasteiger partial charge in [-0.25, -0.2) is 19.0 Å². The lowest BCUT2D eigenvalue weighted by Gasteiger charge is -2.27. The molecule has 0 amide bonds. The van der Waals surface area contributed by atoms with Crippen molar-refractivity contribution in [2.75, 3.05) is 7.11 Å². The van der Waals surface area contributed by atoms with E-state index >= 15 is 0 Å². The number of para-hydroxylation sites is 1. The molecule has 0 radical (unpaired) electrons. The summed E-state index contributed by atoms with van der Waals surface area (Å²) in [5, 5.41) is 27.8. The molecule has 48 heavy (non-hydrogen) atoms. The normalized spacial score (nSPS) is 16.2. The minimum absolute atomic E-state index is 0.0215. The number of aromatic nitrogens is 5. The molecule has 0 bridgehead atoms. The van der Waals surface area contributed by atoms with Gasteiger partial charge in [-0.05, 0) is 69.3 Å². The number of hydrogen-bond acceptors (Lipinski definition) is 9. The Morgan fingerprint density at radius 2 is 1.62 bits per heavy atom. The molecule has 4 heterocycles. The molecule has 0 saturated heterocycles. The molecule has 3 N–H and O–H groups in total. The number of nitrogens with one attached hydrogen (secondary N) is 1. The van der Waals surface area contributed by atoms with Gasteiger partial charge in [0.25, 0.3) is 5.56 Å². The Morgan fingerprint density at radius 1 is 0.896 bits per heavy atom. The zero-order valence-electron chi connectivity index (χ0n) is 26.2. The van der Waals surface area contributed by atoms with E-state index in [-0.39, 0.29) is 62.2 Å². The molecule has 238 valence electrons. The number of phenolic OH excluding ortho intramolecular Hbond substituents is 2. The van der Waals surface area contributed by atoms with Crippen molar-refractivity contribution in [3.8, 4) is 45.6 Å². The van der Waals surface area contributed by atoms with E-state index in [1.807, 2.05) is 30.3 Å². The van der Waals surface area contributed by atoms with Gasteiger partial charge in [0.15, 0.2) is 11.4 Å². The molecule has 12 heteroatoms. The van der Waals surface area contributed by atoms with E-state index in [1.165, 1.54) is 30.7 Å². The van der Waals surface area contributed by atoms with Crippen LogP contribution in [0.25, 0.3) is 39.7 Å². The number of nitrogens with zero attached hydrogens (tertiary/aromatic N) is 4. The molecular weight excluding hydrogens is 614 g/mol. The number of fused-ring (bicyclic) bond motifs is 5. The second kappa shape index (κ2) is 10.0. The number of ketones is 1. The second-order valence-corrected chi connectivity index (χ2v) is 11.9. The summed E-state index contributed by atoms with van der Waals surface area (Å²) >= 11 is 0. The van der Waals surface area contributed by atoms with Gasteiger partial charge in [0.1, 0.15) is 34.2 Å². The molecule has 0 saturated carbocycles. The third kappa shape index (κ3) is 3.79. The summed E-state index contributed by atoms with van der Waals surface area (Å²) in [7, 11) is 1.52. The maximum Gasteiger partial charge on any atom is 0.334 e. The van der Waals surface area contributed by atoms with Crippen molar-refractivity contribution in [2.24, 2.45) is 0 Å². The van der Waals surface area contributed by atoms with Gasteiger partial charge in [-0.2, -0.15) is 5.10 Å². The highest BCUT2D eigenvalue weighted by Gasteiger charge is 2.55. The van der Waals surface area contributed by atoms with Crippen LogP contribution in [0.4, 0.5) is 0 Å². The highest BCUT2D eigenvalue weighted by molar-refractivity contribution is 6.14. The summed E-state index contributed by atoms with van der Waals surface area (Å²) in [5.74, 6) is -0.115. The number of H-pyrrole nitrogens is 1. The topological polar surface area (TPSA) is 162 Å². The van der Waals surface area contributed by atoms with Crippen LogP contribution in [0.2, 0.25) is 0 Å². The summed E-state index contributed by atoms with van der Waals surface area (Å²) in [6.45, 7) is 4.95. The highest BCUT2D eigenvalue weighted by Crippen LogP contribution is 2.60. The molecule has 3 aromatic heterocycles. The number of aromatic amines is 1. The van der Waals surface area contributed by atoms with E-state index in [4.69, 9.17) is 14.5 Å². The first kappa shape index (κ1) is 29.0. The molecule has 2 aliphatic rings. The summed E-state index contributed by atoms with van der Waals surface area (Å²) in [6.07, 6.45) is 1.73. The second-order valence-electron chi connectivity index (χ2n) is 11.9. The number of allylic oxidation sites excluding steroid dienone is 1. The van der Waals surface area contributed by atoms with Crippen LogP contribution in [0.1, 0.15) is 39.8 Å². The Labute approximate surface area is 271 Å². The summed E-state index contributed by atoms with van der Waals surface area (Å²) < 4.78 is 14.6. The van der Waals surface area contributed by atoms with Crippen molar-refractivity contribution < 1.29 is 24.5 Å². The van der Waals surface area contributed by atoms with Gasteiger partial charge in [-0.3, -0.25) is 14.6 Å². The molecule has 0 spiro atoms. The SMILES string of the molecule is COc1ccc(-n2c(=O)[nH]c(=O)c3ccc(-c4c(O)c(C)c(O)c5c4OC4=Cc6c(c(C)nn6-c6ccccc6)C(=O)C45C)nc32)cc1. The number of phenols is 2. The first-order chi connectivity index (χ1) is 23.0. The first-order valence-corrected chi connectivity index (χ1v) is 15.0. The Balaban J connectivity index is 1.37. The molecule has 1 atom stereocenters. The molecule has 1 unspecified atom stereocenters. The fourth-order valence-electron chi connectivity index (χ4n) is 6.69. The van der Waals surface area contributed by atoms with Gasteiger partial charge in [-0.1, -0.05) is 18.2 Å². The fourth-order valence-corrected chi connectivity index (χ4v) is 6.69. The predicted octanol–water partition coefficient (Wildman–Crippen LogP) is 4.85. The Bertz CT molecular complexity index is 2530. The van der Waals surface area contributed by atoms with Gasteiger partial charge < -0.3 is 19.7 Å². The number of carbonyl (C=O) groups is 1. The minimum Gasteiger partial charge on any atom is -0.507 e. The van der Waals surface area contributed by atoms with Gasteiger partial charge in [0, 0.05) is 11.6 Å². The highest BCUT2D eigenvalue weighted by atomic mass is 16.5. The molecule has 0 fully saturated rings. The largest absolute Gasteiger partial charge is 0.507 e. The zero-order valence-corrected chi connectivity index (χ0v) is 26.2. The lowest BCUT2D eigenvalue weighted by atomic mass is 9.71. The van der Waals surface area contributed by atoms with Crippen LogP contribution in [0.3, 0.4) is 0 Å². The van der Waals surface area contributed by atoms with Gasteiger partial charge >= 0.3 is 5.69 Å². The number of rotatable bonds is 4. The number of pyridine rings is 1. The quantitative estimate of drug-likeness (QED) is 0.244. The van der Waals surface area contributed by atoms with Crippen molar-refractivity contribution in [3.63, 3.8) is 0 Å². The number of benzene rings is 3. The number of ether oxygens (including phenoxy) is 2. The van der Waals surface area contributed by atoms with Crippen LogP contribution >= 0.6 is 0 Å². The number of hydrogen-bond donors (Lipinski definition) is 3. The van der Waals surface area contributed by atoms with E-state index < -0.39 is 16.7 Å². The molecular formula is C36H27N5O7. The van der Waals surface area contributed by atoms with Crippen LogP contribution < -0.4 is 20.7 Å². The van der Waals surface area contributed by atoms with Crippen molar-refractivity contribution in [1.82, 2.24) is 24.3 Å². The molecule has 3 aromatic carbocycles. The monoisotopic (exact) mass is 641 g/mol. The smallest absolute Gasteiger partial charge is 0.334 e. The Morgan fingerprint density at radius 3 is 2.33 bits per heavy atom. The molecule has 12 nitrogen and oxygen atoms in total. The van der Waals surface area contributed by atoms with E-state index in [0.29, 0.717) is 28.4 Å². The Kier molecular flexibility index (Phi) is 6.06. The number of carbonyl (C=O) groups excluding carboxylic acids is 1. The summed E-state index contributed by atoms with van der Waals surface area (Å²) in [6, 6.07) is 19.0. The van der Waals surface area contributed by atoms with Crippen LogP contribution in [-0.4, -0.2) is 47.4 Å². The minimum atomic E-state index is -1.46. The van der Waals surface area contributed by atoms with Gasteiger partial charge in [0.05, 0.1) is 57.6 Å². The number of Topliss-reactive ketones (excluding diaryl/α,β-unsaturated/α-hetero) is 1. The molecule has 1 aliphatic heterocycles. The van der Waals surface area contributed by atoms with Crippen LogP contribution in [0.15, 0.2) is 82.1 Å². The standard InChI is InChI=1S/C36H27N5O7/c1-17-29(42)27(23-15-14-22-33(37-23)40(35(46)38-34(22)45)19-10-12-21(47-4)13-11-19)31-28(30(17)43)36(3)25(48-31)16-24-26(32(36)44)18(2)39-41(24)20-8-6-5-7-9-20/h5-16,42-43H,1-4H3,(H,38,45,46). The lowest BCUT2D eigenvalue weighted by Crippen LogP contribution is -2.36. The molecule has 6 aromatic rings. The lowest BCUT2D eigenvalue weighted by molar-refractivity contribution is 0.0905. The van der Waals surface area contributed by atoms with Crippen LogP contribution in [0, 0.1) is 13.8 Å². The predicted molar refractivity (Wildman–Crippen MR) is 177 cm³/mol. The van der Waals surface area contributed by atoms with Crippen LogP contribution in [-0.2, 0) is 5.41 Å². The number of aromatic hydroxyl groups is 2. The third-order valence-corrected chi connectivity index (χ3v) is 9.23. The fraction of sp³-hybridized carbons (Fsp3) is 0.139. The van der Waals surface area contributed by atoms with E-state index in [2.05, 4.69) is 10.1 Å². The third-order valence-electron chi connectivity index (χ3n) is 9.23. The van der Waals surface area contributed by atoms with E-state index in [1.54, 1.807) is 48.9 Å². The van der Waals surface area contributed by atoms with Gasteiger partial charge in [-0.15, -0.1) is 0 Å². The first-order valence-electron chi connectivity index (χ1n) is 15.0. The van der Waals surface area contributed by atoms with Crippen molar-refractivity contribution >= 4 is 22.9 Å². The average molecular weight is 642 g/mol. The average Bonchev–Trinajstić information content (AvgIpc) is 3.58. The molecule has 1 aliphatic carbocycles. The van der Waals surface area contributed by atoms with E-state index in [0.717, 1.165) is 5.69 Å². The van der Waals surface area contributed by atoms with Crippen molar-refractivity contribution in [3.05, 3.63) is 121 Å². The number of methoxy groups -OCH3 is 1. The molecule has 8 rings (SSSR count). The number of aryl methyl sites for hydroxylation is 1. The van der Waals surface area contributed by atoms with Gasteiger partial charge in [0.2, 0.25) is 0 Å². The summed E-state index contributed by atoms with van der Waals surface area (Å²) in [5.41, 5.74) is 0.293. The van der Waals surface area contributed by atoms with Crippen molar-refractivity contribution in [1.29, 1.82) is 0 Å². The van der Waals surface area contributed by atoms with Crippen molar-refractivity contribution in [2.45, 2.75) is 26.2 Å². The van der Waals surface area contributed by atoms with Crippen LogP contribution in [0.5, 0.6) is 23.0 Å². The van der Waals surface area contributed by atoms with E-state index in [9.17, 15) is 24.6 Å². The maximum absolute atomic E-state index is 14.5. The zero-order chi connectivity index (χ0) is 33.6. The Hall–Kier alpha value is -6.43.